The van der Waals surface area contributed by atoms with Crippen LogP contribution in [0.2, 0.25) is 0 Å². The Morgan fingerprint density at radius 3 is 2.75 bits per heavy atom. The fourth-order valence-electron chi connectivity index (χ4n) is 1.83. The molecule has 0 bridgehead atoms. The lowest BCUT2D eigenvalue weighted by molar-refractivity contribution is -0.402. The van der Waals surface area contributed by atoms with E-state index < -0.39 is 22.8 Å². The maximum absolute atomic E-state index is 12.2. The smallest absolute Gasteiger partial charge is 0.395 e. The van der Waals surface area contributed by atoms with Gasteiger partial charge in [-0.25, -0.2) is 0 Å². The third-order valence-electron chi connectivity index (χ3n) is 2.85. The Labute approximate surface area is 118 Å². The molecule has 2 heterocycles. The van der Waals surface area contributed by atoms with Crippen molar-refractivity contribution in [2.45, 2.75) is 6.04 Å². The highest BCUT2D eigenvalue weighted by Gasteiger charge is 2.37. The van der Waals surface area contributed by atoms with Gasteiger partial charge < -0.3 is 14.2 Å². The highest BCUT2D eigenvalue weighted by molar-refractivity contribution is 7.99. The van der Waals surface area contributed by atoms with Crippen molar-refractivity contribution < 1.29 is 18.9 Å². The molecule has 1 aromatic heterocycles. The minimum Gasteiger partial charge on any atom is -0.395 e. The second-order valence-electron chi connectivity index (χ2n) is 4.42. The summed E-state index contributed by atoms with van der Waals surface area (Å²) in [6, 6.07) is 1.81. The van der Waals surface area contributed by atoms with Gasteiger partial charge in [-0.3, -0.25) is 19.7 Å². The van der Waals surface area contributed by atoms with E-state index in [0.29, 0.717) is 11.6 Å². The van der Waals surface area contributed by atoms with Crippen molar-refractivity contribution in [3.05, 3.63) is 28.0 Å². The topological polar surface area (TPSA) is 96.9 Å². The lowest BCUT2D eigenvalue weighted by Gasteiger charge is -2.24. The number of furan rings is 1. The number of hydrogen-bond acceptors (Lipinski definition) is 6. The number of rotatable bonds is 3. The average molecular weight is 299 g/mol. The molecular formula is C11H13N3O5S. The molecule has 1 aromatic rings. The van der Waals surface area contributed by atoms with Crippen molar-refractivity contribution in [2.24, 2.45) is 0 Å². The van der Waals surface area contributed by atoms with Gasteiger partial charge in [-0.15, -0.1) is 11.8 Å². The van der Waals surface area contributed by atoms with Gasteiger partial charge in [-0.2, -0.15) is 0 Å². The van der Waals surface area contributed by atoms with Gasteiger partial charge in [0.2, 0.25) is 5.91 Å². The number of likely N-dealkylation sites (N-methyl/N-ethyl adjacent to an activating group) is 1. The van der Waals surface area contributed by atoms with Crippen LogP contribution in [0.4, 0.5) is 5.88 Å². The Balaban J connectivity index is 2.18. The Hall–Kier alpha value is -2.03. The SMILES string of the molecule is CN(C)C(=O)C1CSCN1C(=O)c1ccc([N+](=O)[O-])o1. The summed E-state index contributed by atoms with van der Waals surface area (Å²) in [6.07, 6.45) is 0. The van der Waals surface area contributed by atoms with Crippen LogP contribution in [0.25, 0.3) is 0 Å². The van der Waals surface area contributed by atoms with Crippen LogP contribution in [0.1, 0.15) is 10.6 Å². The number of nitro groups is 1. The summed E-state index contributed by atoms with van der Waals surface area (Å²) < 4.78 is 4.88. The predicted molar refractivity (Wildman–Crippen MR) is 71.3 cm³/mol. The Kier molecular flexibility index (Phi) is 3.98. The van der Waals surface area contributed by atoms with Crippen molar-refractivity contribution in [3.63, 3.8) is 0 Å². The van der Waals surface area contributed by atoms with Crippen molar-refractivity contribution in [2.75, 3.05) is 25.7 Å². The second-order valence-corrected chi connectivity index (χ2v) is 5.42. The first-order valence-corrected chi connectivity index (χ1v) is 6.91. The van der Waals surface area contributed by atoms with Crippen LogP contribution in [-0.4, -0.2) is 58.3 Å². The summed E-state index contributed by atoms with van der Waals surface area (Å²) >= 11 is 1.45. The first-order valence-electron chi connectivity index (χ1n) is 5.76. The Morgan fingerprint density at radius 1 is 1.50 bits per heavy atom. The van der Waals surface area contributed by atoms with Crippen LogP contribution in [0.5, 0.6) is 0 Å². The lowest BCUT2D eigenvalue weighted by Crippen LogP contribution is -2.46. The third kappa shape index (κ3) is 2.62. The van der Waals surface area contributed by atoms with Gasteiger partial charge in [-0.1, -0.05) is 0 Å². The quantitative estimate of drug-likeness (QED) is 0.604. The monoisotopic (exact) mass is 299 g/mol. The highest BCUT2D eigenvalue weighted by atomic mass is 32.2. The fraction of sp³-hybridized carbons (Fsp3) is 0.455. The van der Waals surface area contributed by atoms with E-state index in [1.807, 2.05) is 0 Å². The van der Waals surface area contributed by atoms with E-state index in [1.54, 1.807) is 14.1 Å². The molecule has 8 nitrogen and oxygen atoms in total. The summed E-state index contributed by atoms with van der Waals surface area (Å²) in [5.41, 5.74) is 0. The molecule has 1 aliphatic rings. The maximum Gasteiger partial charge on any atom is 0.433 e. The fourth-order valence-corrected chi connectivity index (χ4v) is 2.97. The van der Waals surface area contributed by atoms with E-state index in [0.717, 1.165) is 6.07 Å². The minimum atomic E-state index is -0.710. The molecule has 20 heavy (non-hydrogen) atoms. The second kappa shape index (κ2) is 5.53. The first kappa shape index (κ1) is 14.4. The van der Waals surface area contributed by atoms with Crippen molar-refractivity contribution in [3.8, 4) is 0 Å². The molecule has 0 radical (unpaired) electrons. The molecule has 2 amide bonds. The Morgan fingerprint density at radius 2 is 2.20 bits per heavy atom. The molecule has 0 saturated carbocycles. The number of carbonyl (C=O) groups is 2. The van der Waals surface area contributed by atoms with Crippen LogP contribution < -0.4 is 0 Å². The summed E-state index contributed by atoms with van der Waals surface area (Å²) in [4.78, 5) is 36.9. The van der Waals surface area contributed by atoms with Gasteiger partial charge in [0.25, 0.3) is 5.91 Å². The molecule has 0 spiro atoms. The average Bonchev–Trinajstić information content (AvgIpc) is 3.05. The zero-order valence-corrected chi connectivity index (χ0v) is 11.8. The van der Waals surface area contributed by atoms with Gasteiger partial charge in [0, 0.05) is 19.8 Å². The lowest BCUT2D eigenvalue weighted by atomic mass is 10.2. The van der Waals surface area contributed by atoms with Crippen LogP contribution in [0, 0.1) is 10.1 Å². The molecule has 0 aliphatic carbocycles. The largest absolute Gasteiger partial charge is 0.433 e. The number of hydrogen-bond donors (Lipinski definition) is 0. The summed E-state index contributed by atoms with van der Waals surface area (Å²) in [5.74, 6) is -0.442. The molecule has 9 heteroatoms. The van der Waals surface area contributed by atoms with Gasteiger partial charge in [-0.05, 0) is 6.07 Å². The number of carbonyl (C=O) groups excluding carboxylic acids is 2. The Bertz CT molecular complexity index is 556. The zero-order chi connectivity index (χ0) is 14.9. The van der Waals surface area contributed by atoms with E-state index >= 15 is 0 Å². The predicted octanol–water partition coefficient (Wildman–Crippen LogP) is 0.791. The van der Waals surface area contributed by atoms with Crippen molar-refractivity contribution >= 4 is 29.5 Å². The number of thioether (sulfide) groups is 1. The zero-order valence-electron chi connectivity index (χ0n) is 10.9. The summed E-state index contributed by atoms with van der Waals surface area (Å²) in [5, 5.41) is 10.5. The molecular weight excluding hydrogens is 286 g/mol. The molecule has 1 fully saturated rings. The van der Waals surface area contributed by atoms with Gasteiger partial charge >= 0.3 is 5.88 Å². The van der Waals surface area contributed by atoms with E-state index in [-0.39, 0.29) is 11.7 Å². The first-order chi connectivity index (χ1) is 9.41. The molecule has 0 aromatic carbocycles. The van der Waals surface area contributed by atoms with Crippen LogP contribution >= 0.6 is 11.8 Å². The highest BCUT2D eigenvalue weighted by Crippen LogP contribution is 2.26. The summed E-state index contributed by atoms with van der Waals surface area (Å²) in [6.45, 7) is 0. The standard InChI is InChI=1S/C11H13N3O5S/c1-12(2)10(15)7-5-20-6-13(7)11(16)8-3-4-9(19-8)14(17)18/h3-4,7H,5-6H2,1-2H3. The molecule has 1 saturated heterocycles. The number of nitrogens with zero attached hydrogens (tertiary/aromatic N) is 3. The molecule has 2 rings (SSSR count). The normalized spacial score (nSPS) is 18.1. The third-order valence-corrected chi connectivity index (χ3v) is 3.86. The molecule has 1 atom stereocenters. The molecule has 108 valence electrons. The molecule has 1 unspecified atom stereocenters. The van der Waals surface area contributed by atoms with Gasteiger partial charge in [0.05, 0.1) is 11.9 Å². The van der Waals surface area contributed by atoms with E-state index in [4.69, 9.17) is 4.42 Å². The minimum absolute atomic E-state index is 0.129. The van der Waals surface area contributed by atoms with Crippen molar-refractivity contribution in [1.82, 2.24) is 9.80 Å². The number of amides is 2. The van der Waals surface area contributed by atoms with Crippen LogP contribution in [0.15, 0.2) is 16.5 Å². The molecule has 1 aliphatic heterocycles. The van der Waals surface area contributed by atoms with Crippen LogP contribution in [0.3, 0.4) is 0 Å². The van der Waals surface area contributed by atoms with Gasteiger partial charge in [0.1, 0.15) is 11.0 Å². The summed E-state index contributed by atoms with van der Waals surface area (Å²) in [7, 11) is 3.23. The van der Waals surface area contributed by atoms with E-state index in [9.17, 15) is 19.7 Å². The van der Waals surface area contributed by atoms with E-state index in [1.165, 1.54) is 27.6 Å². The molecule has 0 N–H and O–H groups in total. The van der Waals surface area contributed by atoms with Gasteiger partial charge in [0.15, 0.2) is 5.76 Å². The van der Waals surface area contributed by atoms with E-state index in [2.05, 4.69) is 0 Å². The van der Waals surface area contributed by atoms with Crippen molar-refractivity contribution in [1.29, 1.82) is 0 Å². The van der Waals surface area contributed by atoms with Crippen LogP contribution in [-0.2, 0) is 4.79 Å². The maximum atomic E-state index is 12.2.